The molecule has 0 aliphatic carbocycles. The second-order valence-corrected chi connectivity index (χ2v) is 11.8. The molecule has 1 aliphatic heterocycles. The maximum atomic E-state index is 13.4. The number of carbonyl (C=O) groups is 10. The highest BCUT2D eigenvalue weighted by Gasteiger charge is 2.29. The molecule has 0 aromatic rings. The molecule has 10 N–H and O–H groups in total. The third-order valence-corrected chi connectivity index (χ3v) is 7.56. The molecule has 280 valence electrons. The molecule has 20 heteroatoms. The quantitative estimate of drug-likeness (QED) is 0.0929. The van der Waals surface area contributed by atoms with Crippen molar-refractivity contribution in [2.75, 3.05) is 46.3 Å². The molecule has 20 nitrogen and oxygen atoms in total. The zero-order valence-corrected chi connectivity index (χ0v) is 28.9. The van der Waals surface area contributed by atoms with Crippen LogP contribution >= 0.6 is 0 Å². The zero-order chi connectivity index (χ0) is 37.8. The Morgan fingerprint density at radius 3 is 1.98 bits per heavy atom. The molecule has 1 aliphatic rings. The molecular formula is C30H50N10O10. The first-order valence-corrected chi connectivity index (χ1v) is 16.3. The molecule has 0 bridgehead atoms. The lowest BCUT2D eigenvalue weighted by Gasteiger charge is -2.25. The van der Waals surface area contributed by atoms with Crippen molar-refractivity contribution in [2.24, 2.45) is 11.7 Å². The van der Waals surface area contributed by atoms with E-state index in [4.69, 9.17) is 5.73 Å². The van der Waals surface area contributed by atoms with Crippen LogP contribution in [0.2, 0.25) is 0 Å². The van der Waals surface area contributed by atoms with Gasteiger partial charge in [0.25, 0.3) is 0 Å². The first kappa shape index (κ1) is 42.7. The van der Waals surface area contributed by atoms with E-state index in [1.54, 1.807) is 13.8 Å². The molecule has 0 aromatic heterocycles. The SMILES string of the molecule is CCCC[C@H](NC(=O)CN(C)C(=O)[C@@H]1CCC(=O)NCC(=O)NCC(=O)N[C@@H]([C@@H](C)CC)C(=O)NCC(=O)NCC(=O)N1)C(=O)NCC(N)=O. The molecule has 1 fully saturated rings. The highest BCUT2D eigenvalue weighted by molar-refractivity contribution is 5.96. The summed E-state index contributed by atoms with van der Waals surface area (Å²) in [7, 11) is 1.26. The maximum absolute atomic E-state index is 13.4. The summed E-state index contributed by atoms with van der Waals surface area (Å²) in [4.78, 5) is 126. The summed E-state index contributed by atoms with van der Waals surface area (Å²) < 4.78 is 0. The van der Waals surface area contributed by atoms with Gasteiger partial charge < -0.3 is 53.2 Å². The number of hydrogen-bond acceptors (Lipinski definition) is 10. The van der Waals surface area contributed by atoms with Gasteiger partial charge in [-0.25, -0.2) is 0 Å². The van der Waals surface area contributed by atoms with Crippen LogP contribution in [0.15, 0.2) is 0 Å². The molecule has 0 aromatic carbocycles. The molecule has 50 heavy (non-hydrogen) atoms. The van der Waals surface area contributed by atoms with Gasteiger partial charge in [0.15, 0.2) is 0 Å². The fourth-order valence-electron chi connectivity index (χ4n) is 4.51. The average Bonchev–Trinajstić information content (AvgIpc) is 3.07. The van der Waals surface area contributed by atoms with Gasteiger partial charge in [-0.1, -0.05) is 40.0 Å². The number of unbranched alkanes of at least 4 members (excludes halogenated alkanes) is 1. The fraction of sp³-hybridized carbons (Fsp3) is 0.667. The van der Waals surface area contributed by atoms with Crippen molar-refractivity contribution >= 4 is 59.1 Å². The summed E-state index contributed by atoms with van der Waals surface area (Å²) in [5, 5.41) is 19.1. The second-order valence-electron chi connectivity index (χ2n) is 11.8. The van der Waals surface area contributed by atoms with Gasteiger partial charge in [-0.2, -0.15) is 0 Å². The standard InChI is InChI=1S/C30H50N10O10/c1-5-7-8-18(28(48)35-11-20(31)41)37-26(47)16-40(4)30(50)19-9-10-21(42)32-12-22(43)34-15-25(46)39-27(17(3)6-2)29(49)36-13-23(44)33-14-24(45)38-19/h17-19,27H,5-16H2,1-4H3,(H2,31,41)(H,32,42)(H,33,44)(H,34,43)(H,35,48)(H,36,49)(H,37,47)(H,38,45)(H,39,46)/t17-,18-,19-,27-/m0/s1. The van der Waals surface area contributed by atoms with Crippen LogP contribution in [0.25, 0.3) is 0 Å². The van der Waals surface area contributed by atoms with Crippen molar-refractivity contribution in [3.05, 3.63) is 0 Å². The predicted octanol–water partition coefficient (Wildman–Crippen LogP) is -5.00. The number of likely N-dealkylation sites (N-methyl/N-ethyl adjacent to an activating group) is 1. The summed E-state index contributed by atoms with van der Waals surface area (Å²) in [5.74, 6) is -7.57. The summed E-state index contributed by atoms with van der Waals surface area (Å²) >= 11 is 0. The number of nitrogens with one attached hydrogen (secondary N) is 8. The Bertz CT molecular complexity index is 1280. The molecule has 1 rings (SSSR count). The van der Waals surface area contributed by atoms with Crippen LogP contribution in [-0.2, 0) is 47.9 Å². The van der Waals surface area contributed by atoms with Crippen LogP contribution < -0.4 is 48.3 Å². The summed E-state index contributed by atoms with van der Waals surface area (Å²) in [5.41, 5.74) is 5.07. The minimum Gasteiger partial charge on any atom is -0.368 e. The first-order valence-electron chi connectivity index (χ1n) is 16.3. The second kappa shape index (κ2) is 22.4. The van der Waals surface area contributed by atoms with Crippen molar-refractivity contribution in [1.29, 1.82) is 0 Å². The Morgan fingerprint density at radius 2 is 1.40 bits per heavy atom. The summed E-state index contributed by atoms with van der Waals surface area (Å²) in [6.45, 7) is 2.25. The third-order valence-electron chi connectivity index (χ3n) is 7.56. The smallest absolute Gasteiger partial charge is 0.245 e. The van der Waals surface area contributed by atoms with E-state index in [2.05, 4.69) is 42.5 Å². The van der Waals surface area contributed by atoms with E-state index in [-0.39, 0.29) is 25.2 Å². The maximum Gasteiger partial charge on any atom is 0.245 e. The minimum atomic E-state index is -1.36. The number of nitrogens with zero attached hydrogens (tertiary/aromatic N) is 1. The molecule has 0 unspecified atom stereocenters. The largest absolute Gasteiger partial charge is 0.368 e. The third kappa shape index (κ3) is 16.7. The molecule has 1 saturated heterocycles. The molecule has 0 spiro atoms. The van der Waals surface area contributed by atoms with Crippen molar-refractivity contribution < 1.29 is 47.9 Å². The van der Waals surface area contributed by atoms with Gasteiger partial charge >= 0.3 is 0 Å². The van der Waals surface area contributed by atoms with Gasteiger partial charge in [0.2, 0.25) is 59.1 Å². The molecule has 4 atom stereocenters. The van der Waals surface area contributed by atoms with Crippen molar-refractivity contribution in [2.45, 2.75) is 77.4 Å². The van der Waals surface area contributed by atoms with Gasteiger partial charge in [0, 0.05) is 13.5 Å². The number of rotatable bonds is 12. The van der Waals surface area contributed by atoms with Crippen molar-refractivity contribution in [3.63, 3.8) is 0 Å². The number of carbonyl (C=O) groups excluding carboxylic acids is 10. The van der Waals surface area contributed by atoms with Crippen LogP contribution in [0.1, 0.15) is 59.3 Å². The zero-order valence-electron chi connectivity index (χ0n) is 28.9. The Morgan fingerprint density at radius 1 is 0.840 bits per heavy atom. The molecule has 10 amide bonds. The Balaban J connectivity index is 3.06. The van der Waals surface area contributed by atoms with Crippen LogP contribution in [-0.4, -0.2) is 128 Å². The number of hydrogen-bond donors (Lipinski definition) is 9. The van der Waals surface area contributed by atoms with Crippen LogP contribution in [0.3, 0.4) is 0 Å². The predicted molar refractivity (Wildman–Crippen MR) is 176 cm³/mol. The van der Waals surface area contributed by atoms with E-state index < -0.39 is 116 Å². The van der Waals surface area contributed by atoms with E-state index in [1.807, 2.05) is 6.92 Å². The lowest BCUT2D eigenvalue weighted by atomic mass is 9.98. The Hall–Kier alpha value is -5.30. The Kier molecular flexibility index (Phi) is 19.1. The van der Waals surface area contributed by atoms with Gasteiger partial charge in [-0.15, -0.1) is 0 Å². The van der Waals surface area contributed by atoms with Gasteiger partial charge in [0.1, 0.15) is 18.1 Å². The normalized spacial score (nSPS) is 19.8. The number of primary amides is 1. The van der Waals surface area contributed by atoms with Crippen molar-refractivity contribution in [3.8, 4) is 0 Å². The highest BCUT2D eigenvalue weighted by atomic mass is 16.2. The Labute approximate surface area is 289 Å². The van der Waals surface area contributed by atoms with Crippen molar-refractivity contribution in [1.82, 2.24) is 47.4 Å². The minimum absolute atomic E-state index is 0.247. The number of amides is 10. The highest BCUT2D eigenvalue weighted by Crippen LogP contribution is 2.08. The topological polar surface area (TPSA) is 296 Å². The lowest BCUT2D eigenvalue weighted by Crippen LogP contribution is -2.55. The number of nitrogens with two attached hydrogens (primary N) is 1. The molecule has 1 heterocycles. The van der Waals surface area contributed by atoms with E-state index in [1.165, 1.54) is 7.05 Å². The first-order chi connectivity index (χ1) is 23.6. The van der Waals surface area contributed by atoms with Gasteiger partial charge in [-0.05, 0) is 18.8 Å². The summed E-state index contributed by atoms with van der Waals surface area (Å²) in [6, 6.07) is -3.41. The van der Waals surface area contributed by atoms with Crippen LogP contribution in [0.4, 0.5) is 0 Å². The van der Waals surface area contributed by atoms with E-state index in [9.17, 15) is 47.9 Å². The lowest BCUT2D eigenvalue weighted by molar-refractivity contribution is -0.139. The molecule has 0 radical (unpaired) electrons. The van der Waals surface area contributed by atoms with Crippen LogP contribution in [0, 0.1) is 5.92 Å². The fourth-order valence-corrected chi connectivity index (χ4v) is 4.51. The summed E-state index contributed by atoms with van der Waals surface area (Å²) in [6.07, 6.45) is 1.40. The van der Waals surface area contributed by atoms with E-state index in [0.29, 0.717) is 19.3 Å². The monoisotopic (exact) mass is 710 g/mol. The molecule has 0 saturated carbocycles. The van der Waals surface area contributed by atoms with Gasteiger partial charge in [0.05, 0.1) is 39.3 Å². The van der Waals surface area contributed by atoms with Gasteiger partial charge in [-0.3, -0.25) is 47.9 Å². The molecular weight excluding hydrogens is 660 g/mol. The van der Waals surface area contributed by atoms with Crippen LogP contribution in [0.5, 0.6) is 0 Å². The van der Waals surface area contributed by atoms with E-state index >= 15 is 0 Å². The van der Waals surface area contributed by atoms with E-state index in [0.717, 1.165) is 4.90 Å². The average molecular weight is 711 g/mol.